The Labute approximate surface area is 136 Å². The predicted molar refractivity (Wildman–Crippen MR) is 85.1 cm³/mol. The molecule has 2 aromatic rings. The molecular formula is C17H25N3O3. The second-order valence-electron chi connectivity index (χ2n) is 6.74. The maximum atomic E-state index is 5.66. The van der Waals surface area contributed by atoms with Crippen molar-refractivity contribution < 1.29 is 13.8 Å². The summed E-state index contributed by atoms with van der Waals surface area (Å²) in [6.07, 6.45) is 1.05. The van der Waals surface area contributed by atoms with Gasteiger partial charge in [0.15, 0.2) is 5.76 Å². The molecule has 0 aliphatic carbocycles. The van der Waals surface area contributed by atoms with Crippen molar-refractivity contribution in [2.24, 2.45) is 5.92 Å². The van der Waals surface area contributed by atoms with Crippen molar-refractivity contribution >= 4 is 0 Å². The van der Waals surface area contributed by atoms with Crippen LogP contribution >= 0.6 is 0 Å². The normalized spacial score (nSPS) is 22.3. The minimum Gasteiger partial charge on any atom is -0.380 e. The molecule has 6 nitrogen and oxygen atoms in total. The van der Waals surface area contributed by atoms with Crippen LogP contribution in [0.25, 0.3) is 0 Å². The van der Waals surface area contributed by atoms with Crippen molar-refractivity contribution in [3.05, 3.63) is 35.0 Å². The van der Waals surface area contributed by atoms with E-state index in [1.807, 2.05) is 13.0 Å². The summed E-state index contributed by atoms with van der Waals surface area (Å²) < 4.78 is 16.5. The number of aromatic nitrogens is 2. The van der Waals surface area contributed by atoms with Gasteiger partial charge >= 0.3 is 0 Å². The Morgan fingerprint density at radius 1 is 1.22 bits per heavy atom. The van der Waals surface area contributed by atoms with Crippen LogP contribution in [0.3, 0.4) is 0 Å². The smallest absolute Gasteiger partial charge is 0.150 e. The number of nitrogens with zero attached hydrogens (tertiary/aromatic N) is 3. The molecule has 0 spiro atoms. The maximum absolute atomic E-state index is 5.66. The first-order chi connectivity index (χ1) is 11.0. The van der Waals surface area contributed by atoms with Gasteiger partial charge in [-0.15, -0.1) is 0 Å². The molecule has 23 heavy (non-hydrogen) atoms. The molecule has 0 amide bonds. The Morgan fingerprint density at radius 3 is 2.61 bits per heavy atom. The average molecular weight is 319 g/mol. The van der Waals surface area contributed by atoms with Gasteiger partial charge in [0.25, 0.3) is 0 Å². The van der Waals surface area contributed by atoms with Crippen LogP contribution < -0.4 is 0 Å². The quantitative estimate of drug-likeness (QED) is 0.816. The van der Waals surface area contributed by atoms with Gasteiger partial charge in [-0.05, 0) is 12.8 Å². The summed E-state index contributed by atoms with van der Waals surface area (Å²) >= 11 is 0. The van der Waals surface area contributed by atoms with Gasteiger partial charge in [-0.1, -0.05) is 24.2 Å². The van der Waals surface area contributed by atoms with E-state index in [1.54, 1.807) is 7.11 Å². The molecule has 6 heteroatoms. The van der Waals surface area contributed by atoms with Crippen LogP contribution in [0.5, 0.6) is 0 Å². The summed E-state index contributed by atoms with van der Waals surface area (Å²) in [5.41, 5.74) is 1.93. The summed E-state index contributed by atoms with van der Waals surface area (Å²) in [6.45, 7) is 8.80. The summed E-state index contributed by atoms with van der Waals surface area (Å²) in [5.74, 6) is 2.64. The van der Waals surface area contributed by atoms with Gasteiger partial charge < -0.3 is 13.8 Å². The second kappa shape index (κ2) is 6.84. The van der Waals surface area contributed by atoms with Crippen molar-refractivity contribution in [3.63, 3.8) is 0 Å². The van der Waals surface area contributed by atoms with Crippen molar-refractivity contribution in [2.75, 3.05) is 20.2 Å². The number of hydrogen-bond acceptors (Lipinski definition) is 6. The minimum absolute atomic E-state index is 0.202. The van der Waals surface area contributed by atoms with E-state index in [4.69, 9.17) is 13.8 Å². The fourth-order valence-corrected chi connectivity index (χ4v) is 3.19. The van der Waals surface area contributed by atoms with Gasteiger partial charge in [-0.25, -0.2) is 0 Å². The standard InChI is InChI=1S/C17H25N3O3/c1-11(2)16-7-15(23-19-16)9-20-8-13(17(10-20)21-4)6-14-5-12(3)18-22-14/h5,7,11,13,17H,6,8-10H2,1-4H3/t13-,17+/m1/s1. The molecule has 3 rings (SSSR count). The van der Waals surface area contributed by atoms with Crippen LogP contribution in [0.1, 0.15) is 42.7 Å². The lowest BCUT2D eigenvalue weighted by Crippen LogP contribution is -2.23. The number of likely N-dealkylation sites (tertiary alicyclic amines) is 1. The van der Waals surface area contributed by atoms with E-state index in [-0.39, 0.29) is 6.10 Å². The van der Waals surface area contributed by atoms with Crippen molar-refractivity contribution in [3.8, 4) is 0 Å². The van der Waals surface area contributed by atoms with E-state index in [0.29, 0.717) is 11.8 Å². The second-order valence-corrected chi connectivity index (χ2v) is 6.74. The molecule has 2 atom stereocenters. The van der Waals surface area contributed by atoms with E-state index >= 15 is 0 Å². The molecule has 0 bridgehead atoms. The highest BCUT2D eigenvalue weighted by Gasteiger charge is 2.34. The van der Waals surface area contributed by atoms with Crippen LogP contribution in [0.2, 0.25) is 0 Å². The van der Waals surface area contributed by atoms with Crippen LogP contribution in [0.4, 0.5) is 0 Å². The number of methoxy groups -OCH3 is 1. The first-order valence-electron chi connectivity index (χ1n) is 8.18. The van der Waals surface area contributed by atoms with E-state index in [1.165, 1.54) is 0 Å². The SMILES string of the molecule is CO[C@H]1CN(Cc2cc(C(C)C)no2)C[C@H]1Cc1cc(C)no1. The van der Waals surface area contributed by atoms with Gasteiger partial charge in [0.1, 0.15) is 5.76 Å². The van der Waals surface area contributed by atoms with E-state index < -0.39 is 0 Å². The van der Waals surface area contributed by atoms with Gasteiger partial charge in [0.05, 0.1) is 24.0 Å². The molecule has 0 unspecified atom stereocenters. The maximum Gasteiger partial charge on any atom is 0.150 e. The molecular weight excluding hydrogens is 294 g/mol. The van der Waals surface area contributed by atoms with E-state index in [9.17, 15) is 0 Å². The highest BCUT2D eigenvalue weighted by Crippen LogP contribution is 2.26. The van der Waals surface area contributed by atoms with Crippen LogP contribution in [-0.4, -0.2) is 41.5 Å². The van der Waals surface area contributed by atoms with E-state index in [2.05, 4.69) is 35.1 Å². The minimum atomic E-state index is 0.202. The van der Waals surface area contributed by atoms with Crippen molar-refractivity contribution in [1.29, 1.82) is 0 Å². The largest absolute Gasteiger partial charge is 0.380 e. The molecule has 1 aliphatic rings. The Kier molecular flexibility index (Phi) is 4.82. The highest BCUT2D eigenvalue weighted by molar-refractivity contribution is 5.10. The zero-order chi connectivity index (χ0) is 16.4. The van der Waals surface area contributed by atoms with Crippen LogP contribution in [-0.2, 0) is 17.7 Å². The van der Waals surface area contributed by atoms with Gasteiger partial charge in [-0.2, -0.15) is 0 Å². The summed E-state index contributed by atoms with van der Waals surface area (Å²) in [6, 6.07) is 4.06. The fraction of sp³-hybridized carbons (Fsp3) is 0.647. The molecule has 0 saturated carbocycles. The Bertz CT molecular complexity index is 635. The lowest BCUT2D eigenvalue weighted by atomic mass is 10.0. The molecule has 3 heterocycles. The molecule has 0 N–H and O–H groups in total. The number of hydrogen-bond donors (Lipinski definition) is 0. The first-order valence-corrected chi connectivity index (χ1v) is 8.18. The zero-order valence-electron chi connectivity index (χ0n) is 14.3. The number of rotatable bonds is 6. The topological polar surface area (TPSA) is 64.5 Å². The molecule has 1 saturated heterocycles. The lowest BCUT2D eigenvalue weighted by molar-refractivity contribution is 0.0757. The van der Waals surface area contributed by atoms with Crippen LogP contribution in [0, 0.1) is 12.8 Å². The third kappa shape index (κ3) is 3.82. The van der Waals surface area contributed by atoms with Gasteiger partial charge in [0.2, 0.25) is 0 Å². The van der Waals surface area contributed by atoms with E-state index in [0.717, 1.165) is 49.0 Å². The molecule has 126 valence electrons. The zero-order valence-corrected chi connectivity index (χ0v) is 14.3. The lowest BCUT2D eigenvalue weighted by Gasteiger charge is -2.14. The molecule has 1 fully saturated rings. The third-order valence-corrected chi connectivity index (χ3v) is 4.45. The van der Waals surface area contributed by atoms with Gasteiger partial charge in [0, 0.05) is 44.7 Å². The van der Waals surface area contributed by atoms with Crippen LogP contribution in [0.15, 0.2) is 21.2 Å². The summed E-state index contributed by atoms with van der Waals surface area (Å²) in [7, 11) is 1.78. The summed E-state index contributed by atoms with van der Waals surface area (Å²) in [4.78, 5) is 2.35. The molecule has 0 radical (unpaired) electrons. The monoisotopic (exact) mass is 319 g/mol. The Morgan fingerprint density at radius 2 is 2.00 bits per heavy atom. The van der Waals surface area contributed by atoms with Crippen molar-refractivity contribution in [1.82, 2.24) is 15.2 Å². The fourth-order valence-electron chi connectivity index (χ4n) is 3.19. The molecule has 1 aliphatic heterocycles. The summed E-state index contributed by atoms with van der Waals surface area (Å²) in [5, 5.41) is 8.09. The Hall–Kier alpha value is -1.66. The van der Waals surface area contributed by atoms with Gasteiger partial charge in [-0.3, -0.25) is 4.90 Å². The number of aryl methyl sites for hydroxylation is 1. The highest BCUT2D eigenvalue weighted by atomic mass is 16.5. The predicted octanol–water partition coefficient (Wildman–Crippen LogP) is 2.78. The number of ether oxygens (including phenoxy) is 1. The molecule has 0 aromatic carbocycles. The average Bonchev–Trinajstić information content (AvgIpc) is 3.21. The third-order valence-electron chi connectivity index (χ3n) is 4.45. The Balaban J connectivity index is 1.61. The molecule has 2 aromatic heterocycles. The van der Waals surface area contributed by atoms with Crippen molar-refractivity contribution in [2.45, 2.75) is 45.8 Å². The first kappa shape index (κ1) is 16.2.